The van der Waals surface area contributed by atoms with Crippen LogP contribution in [0.25, 0.3) is 0 Å². The quantitative estimate of drug-likeness (QED) is 0.878. The van der Waals surface area contributed by atoms with Gasteiger partial charge in [0.15, 0.2) is 0 Å². The molecule has 0 spiro atoms. The topological polar surface area (TPSA) is 86.3 Å². The van der Waals surface area contributed by atoms with Crippen molar-refractivity contribution in [3.8, 4) is 6.07 Å². The van der Waals surface area contributed by atoms with E-state index in [0.717, 1.165) is 11.3 Å². The summed E-state index contributed by atoms with van der Waals surface area (Å²) in [5, 5.41) is 21.0. The van der Waals surface area contributed by atoms with Gasteiger partial charge in [-0.2, -0.15) is 5.26 Å². The fourth-order valence-corrected chi connectivity index (χ4v) is 1.85. The van der Waals surface area contributed by atoms with Gasteiger partial charge in [-0.1, -0.05) is 12.1 Å². The molecule has 1 aromatic heterocycles. The first-order chi connectivity index (χ1) is 9.92. The number of aromatic carboxylic acids is 1. The maximum Gasteiger partial charge on any atom is 0.371 e. The average Bonchev–Trinajstić information content (AvgIpc) is 2.95. The molecule has 21 heavy (non-hydrogen) atoms. The molecule has 108 valence electrons. The number of hydrogen-bond acceptors (Lipinski definition) is 4. The van der Waals surface area contributed by atoms with Crippen molar-refractivity contribution in [1.82, 2.24) is 0 Å². The Labute approximate surface area is 122 Å². The number of rotatable bonds is 5. The van der Waals surface area contributed by atoms with Gasteiger partial charge in [0.2, 0.25) is 5.76 Å². The van der Waals surface area contributed by atoms with Crippen LogP contribution in [0.3, 0.4) is 0 Å². The van der Waals surface area contributed by atoms with E-state index in [4.69, 9.17) is 14.8 Å². The molecule has 1 aromatic carbocycles. The fourth-order valence-electron chi connectivity index (χ4n) is 1.85. The molecule has 0 saturated carbocycles. The minimum absolute atomic E-state index is 0.0714. The van der Waals surface area contributed by atoms with Crippen molar-refractivity contribution in [3.63, 3.8) is 0 Å². The fraction of sp³-hybridized carbons (Fsp3) is 0.250. The molecular weight excluding hydrogens is 268 g/mol. The van der Waals surface area contributed by atoms with Crippen molar-refractivity contribution in [3.05, 3.63) is 53.5 Å². The number of carboxylic acids is 1. The molecule has 0 aliphatic rings. The number of nitrogens with one attached hydrogen (secondary N) is 1. The van der Waals surface area contributed by atoms with Gasteiger partial charge in [-0.15, -0.1) is 0 Å². The lowest BCUT2D eigenvalue weighted by Crippen LogP contribution is -2.13. The van der Waals surface area contributed by atoms with Crippen LogP contribution in [0.1, 0.15) is 35.7 Å². The molecule has 0 bridgehead atoms. The Morgan fingerprint density at radius 2 is 1.95 bits per heavy atom. The lowest BCUT2D eigenvalue weighted by Gasteiger charge is -2.16. The van der Waals surface area contributed by atoms with Crippen molar-refractivity contribution in [2.75, 3.05) is 5.32 Å². The second kappa shape index (κ2) is 5.71. The van der Waals surface area contributed by atoms with Gasteiger partial charge >= 0.3 is 5.97 Å². The lowest BCUT2D eigenvalue weighted by molar-refractivity contribution is 0.0660. The van der Waals surface area contributed by atoms with E-state index in [1.165, 1.54) is 6.07 Å². The van der Waals surface area contributed by atoms with Crippen molar-refractivity contribution in [1.29, 1.82) is 5.26 Å². The van der Waals surface area contributed by atoms with E-state index in [9.17, 15) is 4.79 Å². The second-order valence-corrected chi connectivity index (χ2v) is 5.24. The molecular formula is C16H16N2O3. The highest BCUT2D eigenvalue weighted by atomic mass is 16.4. The molecule has 0 amide bonds. The van der Waals surface area contributed by atoms with Crippen LogP contribution in [0.2, 0.25) is 0 Å². The first kappa shape index (κ1) is 14.7. The Kier molecular flexibility index (Phi) is 3.99. The van der Waals surface area contributed by atoms with Crippen LogP contribution in [0.15, 0.2) is 40.8 Å². The zero-order valence-corrected chi connectivity index (χ0v) is 11.9. The Morgan fingerprint density at radius 1 is 1.29 bits per heavy atom. The van der Waals surface area contributed by atoms with Crippen molar-refractivity contribution >= 4 is 11.7 Å². The molecule has 1 heterocycles. The Balaban J connectivity index is 2.01. The van der Waals surface area contributed by atoms with Gasteiger partial charge in [0.05, 0.1) is 18.0 Å². The van der Waals surface area contributed by atoms with E-state index in [0.29, 0.717) is 12.3 Å². The van der Waals surface area contributed by atoms with Crippen LogP contribution < -0.4 is 5.32 Å². The largest absolute Gasteiger partial charge is 0.475 e. The molecule has 0 unspecified atom stereocenters. The van der Waals surface area contributed by atoms with Gasteiger partial charge < -0.3 is 14.8 Å². The molecule has 0 fully saturated rings. The zero-order valence-electron chi connectivity index (χ0n) is 11.9. The third kappa shape index (κ3) is 3.42. The lowest BCUT2D eigenvalue weighted by atomic mass is 9.86. The van der Waals surface area contributed by atoms with Crippen molar-refractivity contribution in [2.24, 2.45) is 0 Å². The number of anilines is 1. The van der Waals surface area contributed by atoms with E-state index in [1.807, 2.05) is 38.1 Å². The summed E-state index contributed by atoms with van der Waals surface area (Å²) in [5.41, 5.74) is 1.30. The molecule has 0 aliphatic carbocycles. The van der Waals surface area contributed by atoms with Gasteiger partial charge in [-0.05, 0) is 43.7 Å². The zero-order chi connectivity index (χ0) is 15.5. The van der Waals surface area contributed by atoms with Crippen molar-refractivity contribution < 1.29 is 14.3 Å². The average molecular weight is 284 g/mol. The Hall–Kier alpha value is -2.74. The van der Waals surface area contributed by atoms with E-state index >= 15 is 0 Å². The van der Waals surface area contributed by atoms with Gasteiger partial charge in [0.25, 0.3) is 0 Å². The van der Waals surface area contributed by atoms with Gasteiger partial charge in [-0.25, -0.2) is 4.79 Å². The summed E-state index contributed by atoms with van der Waals surface area (Å²) in [7, 11) is 0. The molecule has 0 radical (unpaired) electrons. The van der Waals surface area contributed by atoms with Crippen LogP contribution in [0, 0.1) is 11.3 Å². The summed E-state index contributed by atoms with van der Waals surface area (Å²) >= 11 is 0. The SMILES string of the molecule is CC(C)(C#N)c1ccc(NCc2ccc(C(=O)O)o2)cc1. The number of furan rings is 1. The van der Waals surface area contributed by atoms with Gasteiger partial charge in [0.1, 0.15) is 5.76 Å². The maximum absolute atomic E-state index is 10.7. The smallest absolute Gasteiger partial charge is 0.371 e. The highest BCUT2D eigenvalue weighted by Gasteiger charge is 2.19. The highest BCUT2D eigenvalue weighted by Crippen LogP contribution is 2.23. The molecule has 2 aromatic rings. The minimum Gasteiger partial charge on any atom is -0.475 e. The Morgan fingerprint density at radius 3 is 2.48 bits per heavy atom. The van der Waals surface area contributed by atoms with Crippen molar-refractivity contribution in [2.45, 2.75) is 25.8 Å². The summed E-state index contributed by atoms with van der Waals surface area (Å²) in [6.45, 7) is 4.13. The molecule has 2 rings (SSSR count). The van der Waals surface area contributed by atoms with Crippen LogP contribution in [0.5, 0.6) is 0 Å². The predicted molar refractivity (Wildman–Crippen MR) is 78.1 cm³/mol. The third-order valence-corrected chi connectivity index (χ3v) is 3.23. The molecule has 0 atom stereocenters. The summed E-state index contributed by atoms with van der Waals surface area (Å²) in [6, 6.07) is 12.9. The highest BCUT2D eigenvalue weighted by molar-refractivity contribution is 5.84. The molecule has 0 saturated heterocycles. The number of carbonyl (C=O) groups is 1. The molecule has 0 aliphatic heterocycles. The van der Waals surface area contributed by atoms with Crippen LogP contribution in [0.4, 0.5) is 5.69 Å². The number of nitrogens with zero attached hydrogens (tertiary/aromatic N) is 1. The van der Waals surface area contributed by atoms with Crippen LogP contribution in [-0.2, 0) is 12.0 Å². The third-order valence-electron chi connectivity index (χ3n) is 3.23. The van der Waals surface area contributed by atoms with Crippen LogP contribution >= 0.6 is 0 Å². The first-order valence-electron chi connectivity index (χ1n) is 6.50. The molecule has 5 nitrogen and oxygen atoms in total. The number of hydrogen-bond donors (Lipinski definition) is 2. The summed E-state index contributed by atoms with van der Waals surface area (Å²) in [4.78, 5) is 10.7. The van der Waals surface area contributed by atoms with E-state index in [-0.39, 0.29) is 5.76 Å². The van der Waals surface area contributed by atoms with Crippen LogP contribution in [-0.4, -0.2) is 11.1 Å². The van der Waals surface area contributed by atoms with Gasteiger partial charge in [0, 0.05) is 5.69 Å². The molecule has 5 heteroatoms. The summed E-state index contributed by atoms with van der Waals surface area (Å²) in [5.74, 6) is -0.601. The number of carboxylic acid groups (broad SMARTS) is 1. The summed E-state index contributed by atoms with van der Waals surface area (Å²) < 4.78 is 5.16. The number of benzene rings is 1. The van der Waals surface area contributed by atoms with E-state index < -0.39 is 11.4 Å². The molecule has 2 N–H and O–H groups in total. The second-order valence-electron chi connectivity index (χ2n) is 5.24. The van der Waals surface area contributed by atoms with Gasteiger partial charge in [-0.3, -0.25) is 0 Å². The monoisotopic (exact) mass is 284 g/mol. The predicted octanol–water partition coefficient (Wildman–Crippen LogP) is 3.39. The summed E-state index contributed by atoms with van der Waals surface area (Å²) in [6.07, 6.45) is 0. The normalized spacial score (nSPS) is 10.9. The van der Waals surface area contributed by atoms with E-state index in [1.54, 1.807) is 6.07 Å². The van der Waals surface area contributed by atoms with E-state index in [2.05, 4.69) is 11.4 Å². The maximum atomic E-state index is 10.7. The minimum atomic E-state index is -1.08. The number of nitriles is 1. The first-order valence-corrected chi connectivity index (χ1v) is 6.50. The standard InChI is InChI=1S/C16H16N2O3/c1-16(2,10-17)11-3-5-12(6-4-11)18-9-13-7-8-14(21-13)15(19)20/h3-8,18H,9H2,1-2H3,(H,19,20). The Bertz CT molecular complexity index is 678.